The Morgan fingerprint density at radius 1 is 1.14 bits per heavy atom. The molecule has 0 saturated carbocycles. The number of hydrogen-bond donors (Lipinski definition) is 2. The van der Waals surface area contributed by atoms with E-state index in [0.717, 1.165) is 16.7 Å². The molecule has 0 saturated heterocycles. The highest BCUT2D eigenvalue weighted by molar-refractivity contribution is 5.91. The number of amides is 1. The monoisotopic (exact) mass is 279 g/mol. The van der Waals surface area contributed by atoms with E-state index in [1.807, 2.05) is 36.4 Å². The lowest BCUT2D eigenvalue weighted by Gasteiger charge is -2.06. The van der Waals surface area contributed by atoms with Crippen molar-refractivity contribution < 1.29 is 4.79 Å². The van der Waals surface area contributed by atoms with Crippen molar-refractivity contribution in [1.82, 2.24) is 25.7 Å². The first-order valence-electron chi connectivity index (χ1n) is 6.46. The Kier molecular flexibility index (Phi) is 3.68. The zero-order chi connectivity index (χ0) is 14.5. The summed E-state index contributed by atoms with van der Waals surface area (Å²) in [6.07, 6.45) is 4.91. The van der Waals surface area contributed by atoms with E-state index in [9.17, 15) is 4.79 Å². The molecule has 2 heterocycles. The maximum Gasteiger partial charge on any atom is 0.273 e. The van der Waals surface area contributed by atoms with Crippen molar-refractivity contribution in [2.45, 2.75) is 6.54 Å². The Hall–Kier alpha value is -3.02. The van der Waals surface area contributed by atoms with Crippen LogP contribution in [0, 0.1) is 0 Å². The van der Waals surface area contributed by atoms with Crippen molar-refractivity contribution in [1.29, 1.82) is 0 Å². The van der Waals surface area contributed by atoms with E-state index >= 15 is 0 Å². The van der Waals surface area contributed by atoms with Crippen LogP contribution in [0.1, 0.15) is 16.1 Å². The smallest absolute Gasteiger partial charge is 0.273 e. The molecule has 3 aromatic rings. The summed E-state index contributed by atoms with van der Waals surface area (Å²) in [6, 6.07) is 11.9. The quantitative estimate of drug-likeness (QED) is 0.762. The van der Waals surface area contributed by atoms with Gasteiger partial charge >= 0.3 is 0 Å². The third kappa shape index (κ3) is 3.11. The molecule has 1 aromatic carbocycles. The van der Waals surface area contributed by atoms with Gasteiger partial charge in [-0.2, -0.15) is 15.4 Å². The van der Waals surface area contributed by atoms with Crippen LogP contribution in [-0.4, -0.2) is 26.3 Å². The van der Waals surface area contributed by atoms with Gasteiger partial charge < -0.3 is 5.32 Å². The van der Waals surface area contributed by atoms with E-state index in [-0.39, 0.29) is 11.6 Å². The van der Waals surface area contributed by atoms with Gasteiger partial charge in [0.2, 0.25) is 0 Å². The molecule has 6 heteroatoms. The van der Waals surface area contributed by atoms with Crippen LogP contribution >= 0.6 is 0 Å². The van der Waals surface area contributed by atoms with Crippen LogP contribution in [0.4, 0.5) is 0 Å². The van der Waals surface area contributed by atoms with Crippen molar-refractivity contribution in [2.24, 2.45) is 0 Å². The lowest BCUT2D eigenvalue weighted by Crippen LogP contribution is -2.23. The fraction of sp³-hybridized carbons (Fsp3) is 0.0667. The molecular weight excluding hydrogens is 266 g/mol. The highest BCUT2D eigenvalue weighted by atomic mass is 16.1. The normalized spacial score (nSPS) is 10.3. The van der Waals surface area contributed by atoms with E-state index in [0.29, 0.717) is 6.54 Å². The molecule has 0 aliphatic rings. The number of nitrogens with one attached hydrogen (secondary N) is 2. The summed E-state index contributed by atoms with van der Waals surface area (Å²) in [4.78, 5) is 15.8. The summed E-state index contributed by atoms with van der Waals surface area (Å²) in [5.41, 5.74) is 3.47. The van der Waals surface area contributed by atoms with Crippen LogP contribution in [0.3, 0.4) is 0 Å². The lowest BCUT2D eigenvalue weighted by atomic mass is 10.0. The van der Waals surface area contributed by atoms with E-state index in [1.165, 1.54) is 6.20 Å². The highest BCUT2D eigenvalue weighted by Gasteiger charge is 2.08. The van der Waals surface area contributed by atoms with Gasteiger partial charge in [0.1, 0.15) is 0 Å². The molecular formula is C15H13N5O. The summed E-state index contributed by atoms with van der Waals surface area (Å²) in [7, 11) is 0. The lowest BCUT2D eigenvalue weighted by molar-refractivity contribution is 0.0946. The molecule has 0 bridgehead atoms. The Labute approximate surface area is 121 Å². The van der Waals surface area contributed by atoms with E-state index < -0.39 is 0 Å². The SMILES string of the molecule is O=C(NCc1cccc(-c2ccncc2)c1)c1cn[nH]n1. The number of H-pyrrole nitrogens is 1. The van der Waals surface area contributed by atoms with Gasteiger partial charge in [-0.05, 0) is 34.9 Å². The Morgan fingerprint density at radius 3 is 2.76 bits per heavy atom. The van der Waals surface area contributed by atoms with E-state index in [2.05, 4.69) is 25.7 Å². The number of aromatic amines is 1. The van der Waals surface area contributed by atoms with Crippen molar-refractivity contribution in [2.75, 3.05) is 0 Å². The topological polar surface area (TPSA) is 83.6 Å². The number of benzene rings is 1. The standard InChI is InChI=1S/C15H13N5O/c21-15(14-10-18-20-19-14)17-9-11-2-1-3-13(8-11)12-4-6-16-7-5-12/h1-8,10H,9H2,(H,17,21)(H,18,19,20). The third-order valence-corrected chi connectivity index (χ3v) is 3.04. The van der Waals surface area contributed by atoms with Crippen LogP contribution in [0.2, 0.25) is 0 Å². The molecule has 0 atom stereocenters. The first-order valence-corrected chi connectivity index (χ1v) is 6.46. The minimum Gasteiger partial charge on any atom is -0.347 e. The second-order valence-corrected chi connectivity index (χ2v) is 4.47. The Morgan fingerprint density at radius 2 is 2.00 bits per heavy atom. The van der Waals surface area contributed by atoms with E-state index in [1.54, 1.807) is 12.4 Å². The molecule has 0 radical (unpaired) electrons. The molecule has 0 fully saturated rings. The highest BCUT2D eigenvalue weighted by Crippen LogP contribution is 2.19. The molecule has 21 heavy (non-hydrogen) atoms. The largest absolute Gasteiger partial charge is 0.347 e. The van der Waals surface area contributed by atoms with E-state index in [4.69, 9.17) is 0 Å². The predicted molar refractivity (Wildman–Crippen MR) is 77.2 cm³/mol. The molecule has 2 aromatic heterocycles. The molecule has 0 aliphatic carbocycles. The maximum atomic E-state index is 11.8. The second kappa shape index (κ2) is 5.96. The first-order chi connectivity index (χ1) is 10.3. The van der Waals surface area contributed by atoms with Crippen molar-refractivity contribution in [3.05, 3.63) is 66.2 Å². The third-order valence-electron chi connectivity index (χ3n) is 3.04. The number of pyridine rings is 1. The summed E-state index contributed by atoms with van der Waals surface area (Å²) < 4.78 is 0. The molecule has 0 spiro atoms. The summed E-state index contributed by atoms with van der Waals surface area (Å²) in [5, 5.41) is 12.6. The summed E-state index contributed by atoms with van der Waals surface area (Å²) in [5.74, 6) is -0.252. The van der Waals surface area contributed by atoms with Gasteiger partial charge in [0.15, 0.2) is 5.69 Å². The molecule has 0 unspecified atom stereocenters. The number of aromatic nitrogens is 4. The fourth-order valence-corrected chi connectivity index (χ4v) is 1.99. The molecule has 6 nitrogen and oxygen atoms in total. The second-order valence-electron chi connectivity index (χ2n) is 4.47. The van der Waals surface area contributed by atoms with Gasteiger partial charge in [-0.15, -0.1) is 0 Å². The van der Waals surface area contributed by atoms with Gasteiger partial charge in [0, 0.05) is 18.9 Å². The fourth-order valence-electron chi connectivity index (χ4n) is 1.99. The Bertz CT molecular complexity index is 725. The van der Waals surface area contributed by atoms with Gasteiger partial charge in [-0.25, -0.2) is 0 Å². The maximum absolute atomic E-state index is 11.8. The van der Waals surface area contributed by atoms with Crippen LogP contribution in [-0.2, 0) is 6.54 Å². The van der Waals surface area contributed by atoms with Gasteiger partial charge in [-0.1, -0.05) is 18.2 Å². The predicted octanol–water partition coefficient (Wildman–Crippen LogP) is 1.80. The zero-order valence-electron chi connectivity index (χ0n) is 11.2. The van der Waals surface area contributed by atoms with Crippen LogP contribution in [0.5, 0.6) is 0 Å². The number of carbonyl (C=O) groups excluding carboxylic acids is 1. The molecule has 104 valence electrons. The minimum absolute atomic E-state index is 0.252. The number of nitrogens with zero attached hydrogens (tertiary/aromatic N) is 3. The van der Waals surface area contributed by atoms with Crippen LogP contribution in [0.25, 0.3) is 11.1 Å². The molecule has 2 N–H and O–H groups in total. The minimum atomic E-state index is -0.252. The van der Waals surface area contributed by atoms with Crippen molar-refractivity contribution >= 4 is 5.91 Å². The molecule has 1 amide bonds. The summed E-state index contributed by atoms with van der Waals surface area (Å²) in [6.45, 7) is 0.435. The Balaban J connectivity index is 1.71. The zero-order valence-corrected chi connectivity index (χ0v) is 11.2. The van der Waals surface area contributed by atoms with Crippen molar-refractivity contribution in [3.8, 4) is 11.1 Å². The average molecular weight is 279 g/mol. The average Bonchev–Trinajstić information content (AvgIpc) is 3.08. The van der Waals surface area contributed by atoms with Crippen LogP contribution in [0.15, 0.2) is 55.0 Å². The number of rotatable bonds is 4. The number of hydrogen-bond acceptors (Lipinski definition) is 4. The van der Waals surface area contributed by atoms with Gasteiger partial charge in [0.25, 0.3) is 5.91 Å². The van der Waals surface area contributed by atoms with Crippen LogP contribution < -0.4 is 5.32 Å². The van der Waals surface area contributed by atoms with Gasteiger partial charge in [0.05, 0.1) is 6.20 Å². The molecule has 0 aliphatic heterocycles. The van der Waals surface area contributed by atoms with Gasteiger partial charge in [-0.3, -0.25) is 9.78 Å². The summed E-state index contributed by atoms with van der Waals surface area (Å²) >= 11 is 0. The first kappa shape index (κ1) is 13.0. The van der Waals surface area contributed by atoms with Crippen molar-refractivity contribution in [3.63, 3.8) is 0 Å². The number of carbonyl (C=O) groups is 1. The molecule has 3 rings (SSSR count).